The van der Waals surface area contributed by atoms with Crippen LogP contribution in [0.15, 0.2) is 0 Å². The number of carbonyl (C=O) groups excluding carboxylic acids is 3. The molecule has 11 heteroatoms. The third-order valence-electron chi connectivity index (χ3n) is 4.32. The summed E-state index contributed by atoms with van der Waals surface area (Å²) in [5.74, 6) is -3.37. The lowest BCUT2D eigenvalue weighted by molar-refractivity contribution is -0.139. The van der Waals surface area contributed by atoms with E-state index in [1.54, 1.807) is 6.92 Å². The summed E-state index contributed by atoms with van der Waals surface area (Å²) in [5, 5.41) is 25.0. The number of carboxylic acids is 1. The molecule has 0 aliphatic rings. The van der Waals surface area contributed by atoms with Crippen LogP contribution < -0.4 is 27.4 Å². The molecule has 0 saturated heterocycles. The first-order chi connectivity index (χ1) is 13.2. The monoisotopic (exact) mass is 403 g/mol. The summed E-state index contributed by atoms with van der Waals surface area (Å²) in [6.07, 6.45) is 2.03. The highest BCUT2D eigenvalue weighted by Gasteiger charge is 2.30. The molecule has 28 heavy (non-hydrogen) atoms. The summed E-state index contributed by atoms with van der Waals surface area (Å²) in [6.45, 7) is 2.86. The topological polar surface area (TPSA) is 197 Å². The van der Waals surface area contributed by atoms with Crippen molar-refractivity contribution < 1.29 is 29.4 Å². The predicted molar refractivity (Wildman–Crippen MR) is 102 cm³/mol. The molecule has 162 valence electrons. The van der Waals surface area contributed by atoms with Gasteiger partial charge in [-0.05, 0) is 31.7 Å². The van der Waals surface area contributed by atoms with E-state index in [2.05, 4.69) is 16.0 Å². The van der Waals surface area contributed by atoms with Crippen LogP contribution in [0.1, 0.15) is 39.5 Å². The van der Waals surface area contributed by atoms with E-state index >= 15 is 0 Å². The number of rotatable bonds is 14. The molecule has 0 aliphatic carbocycles. The highest BCUT2D eigenvalue weighted by Crippen LogP contribution is 2.10. The Bertz CT molecular complexity index is 530. The molecule has 0 heterocycles. The van der Waals surface area contributed by atoms with Crippen molar-refractivity contribution >= 4 is 23.7 Å². The van der Waals surface area contributed by atoms with E-state index in [1.165, 1.54) is 0 Å². The molecule has 4 atom stereocenters. The largest absolute Gasteiger partial charge is 0.480 e. The summed E-state index contributed by atoms with van der Waals surface area (Å²) in [5.41, 5.74) is 10.9. The van der Waals surface area contributed by atoms with E-state index in [0.29, 0.717) is 25.8 Å². The van der Waals surface area contributed by atoms with Crippen LogP contribution in [0.25, 0.3) is 0 Å². The van der Waals surface area contributed by atoms with Crippen molar-refractivity contribution in [1.29, 1.82) is 0 Å². The number of carboxylic acid groups (broad SMARTS) is 1. The van der Waals surface area contributed by atoms with Gasteiger partial charge in [0, 0.05) is 0 Å². The Kier molecular flexibility index (Phi) is 12.7. The Labute approximate surface area is 164 Å². The van der Waals surface area contributed by atoms with E-state index in [0.717, 1.165) is 0 Å². The molecule has 0 radical (unpaired) electrons. The van der Waals surface area contributed by atoms with E-state index in [9.17, 15) is 19.2 Å². The molecule has 0 aromatic carbocycles. The quantitative estimate of drug-likeness (QED) is 0.156. The van der Waals surface area contributed by atoms with Gasteiger partial charge in [-0.15, -0.1) is 0 Å². The van der Waals surface area contributed by atoms with Gasteiger partial charge in [0.05, 0.1) is 6.61 Å². The summed E-state index contributed by atoms with van der Waals surface area (Å²) < 4.78 is 0. The number of amides is 3. The third kappa shape index (κ3) is 9.62. The van der Waals surface area contributed by atoms with E-state index in [-0.39, 0.29) is 12.3 Å². The Morgan fingerprint density at radius 2 is 1.68 bits per heavy atom. The molecule has 0 spiro atoms. The van der Waals surface area contributed by atoms with Crippen LogP contribution in [0, 0.1) is 5.92 Å². The van der Waals surface area contributed by atoms with E-state index in [1.807, 2.05) is 6.92 Å². The predicted octanol–water partition coefficient (Wildman–Crippen LogP) is -2.35. The van der Waals surface area contributed by atoms with Crippen molar-refractivity contribution in [3.8, 4) is 0 Å². The van der Waals surface area contributed by atoms with Crippen LogP contribution in [0.4, 0.5) is 0 Å². The van der Waals surface area contributed by atoms with Crippen LogP contribution in [-0.4, -0.2) is 71.7 Å². The maximum Gasteiger partial charge on any atom is 0.322 e. The number of aliphatic hydroxyl groups excluding tert-OH is 1. The van der Waals surface area contributed by atoms with Crippen molar-refractivity contribution in [2.24, 2.45) is 17.4 Å². The molecular weight excluding hydrogens is 370 g/mol. The number of unbranched alkanes of at least 4 members (excludes halogenated alkanes) is 1. The highest BCUT2D eigenvalue weighted by molar-refractivity contribution is 5.93. The van der Waals surface area contributed by atoms with Gasteiger partial charge in [0.2, 0.25) is 17.7 Å². The van der Waals surface area contributed by atoms with Crippen molar-refractivity contribution in [3.63, 3.8) is 0 Å². The third-order valence-corrected chi connectivity index (χ3v) is 4.32. The standard InChI is InChI=1S/C17H33N5O6/c1-3-10(2)14(17(28)20-8-13(24)25)22-16(27)12(6-4-5-7-18)21-15(26)11(19)9-23/h10-12,14,23H,3-9,18-19H2,1-2H3,(H,20,28)(H,21,26)(H,22,27)(H,24,25). The number of hydrogen-bond acceptors (Lipinski definition) is 7. The fourth-order valence-electron chi connectivity index (χ4n) is 2.35. The van der Waals surface area contributed by atoms with Gasteiger partial charge in [-0.1, -0.05) is 20.3 Å². The van der Waals surface area contributed by atoms with E-state index in [4.69, 9.17) is 21.7 Å². The van der Waals surface area contributed by atoms with Crippen LogP contribution in [0.2, 0.25) is 0 Å². The van der Waals surface area contributed by atoms with Gasteiger partial charge in [-0.25, -0.2) is 0 Å². The average molecular weight is 403 g/mol. The highest BCUT2D eigenvalue weighted by atomic mass is 16.4. The summed E-state index contributed by atoms with van der Waals surface area (Å²) in [7, 11) is 0. The van der Waals surface area contributed by atoms with Gasteiger partial charge >= 0.3 is 5.97 Å². The molecule has 4 unspecified atom stereocenters. The first kappa shape index (κ1) is 25.8. The van der Waals surface area contributed by atoms with Crippen molar-refractivity contribution in [1.82, 2.24) is 16.0 Å². The van der Waals surface area contributed by atoms with Gasteiger partial charge in [-0.3, -0.25) is 19.2 Å². The SMILES string of the molecule is CCC(C)C(NC(=O)C(CCCCN)NC(=O)C(N)CO)C(=O)NCC(=O)O. The zero-order valence-electron chi connectivity index (χ0n) is 16.4. The van der Waals surface area contributed by atoms with Gasteiger partial charge in [0.15, 0.2) is 0 Å². The second-order valence-electron chi connectivity index (χ2n) is 6.62. The lowest BCUT2D eigenvalue weighted by Crippen LogP contribution is -2.57. The summed E-state index contributed by atoms with van der Waals surface area (Å²) in [6, 6.07) is -3.10. The minimum absolute atomic E-state index is 0.266. The number of nitrogens with two attached hydrogens (primary N) is 2. The van der Waals surface area contributed by atoms with Crippen LogP contribution in [0.5, 0.6) is 0 Å². The van der Waals surface area contributed by atoms with Crippen molar-refractivity contribution in [2.75, 3.05) is 19.7 Å². The van der Waals surface area contributed by atoms with Crippen molar-refractivity contribution in [2.45, 2.75) is 57.7 Å². The van der Waals surface area contributed by atoms with Crippen LogP contribution >= 0.6 is 0 Å². The Hall–Kier alpha value is -2.24. The second-order valence-corrected chi connectivity index (χ2v) is 6.62. The zero-order valence-corrected chi connectivity index (χ0v) is 16.4. The molecule has 0 saturated carbocycles. The van der Waals surface area contributed by atoms with Gasteiger partial charge in [-0.2, -0.15) is 0 Å². The van der Waals surface area contributed by atoms with Crippen LogP contribution in [-0.2, 0) is 19.2 Å². The minimum Gasteiger partial charge on any atom is -0.480 e. The average Bonchev–Trinajstić information content (AvgIpc) is 2.67. The number of carbonyl (C=O) groups is 4. The molecule has 0 bridgehead atoms. The summed E-state index contributed by atoms with van der Waals surface area (Å²) in [4.78, 5) is 47.6. The number of aliphatic hydroxyl groups is 1. The fourth-order valence-corrected chi connectivity index (χ4v) is 2.35. The molecule has 9 N–H and O–H groups in total. The lowest BCUT2D eigenvalue weighted by Gasteiger charge is -2.26. The smallest absolute Gasteiger partial charge is 0.322 e. The van der Waals surface area contributed by atoms with Crippen LogP contribution in [0.3, 0.4) is 0 Å². The zero-order chi connectivity index (χ0) is 21.7. The molecule has 0 rings (SSSR count). The normalized spacial score (nSPS) is 15.0. The first-order valence-electron chi connectivity index (χ1n) is 9.34. The number of hydrogen-bond donors (Lipinski definition) is 7. The van der Waals surface area contributed by atoms with Crippen molar-refractivity contribution in [3.05, 3.63) is 0 Å². The molecule has 0 aromatic rings. The molecular formula is C17H33N5O6. The Morgan fingerprint density at radius 3 is 2.18 bits per heavy atom. The molecule has 0 aromatic heterocycles. The molecule has 0 fully saturated rings. The number of aliphatic carboxylic acids is 1. The maximum absolute atomic E-state index is 12.7. The molecule has 11 nitrogen and oxygen atoms in total. The Morgan fingerprint density at radius 1 is 1.04 bits per heavy atom. The van der Waals surface area contributed by atoms with Gasteiger partial charge < -0.3 is 37.6 Å². The summed E-state index contributed by atoms with van der Waals surface area (Å²) >= 11 is 0. The lowest BCUT2D eigenvalue weighted by atomic mass is 9.97. The second kappa shape index (κ2) is 13.9. The minimum atomic E-state index is -1.20. The van der Waals surface area contributed by atoms with E-state index < -0.39 is 55.0 Å². The first-order valence-corrected chi connectivity index (χ1v) is 9.34. The number of nitrogens with one attached hydrogen (secondary N) is 3. The molecule has 3 amide bonds. The Balaban J connectivity index is 5.22. The fraction of sp³-hybridized carbons (Fsp3) is 0.765. The maximum atomic E-state index is 12.7. The van der Waals surface area contributed by atoms with Gasteiger partial charge in [0.25, 0.3) is 0 Å². The van der Waals surface area contributed by atoms with Gasteiger partial charge in [0.1, 0.15) is 24.7 Å². The molecule has 0 aliphatic heterocycles.